The van der Waals surface area contributed by atoms with Gasteiger partial charge < -0.3 is 14.4 Å². The number of aromatic nitrogens is 1. The smallest absolute Gasteiger partial charge is 0.311 e. The van der Waals surface area contributed by atoms with Crippen LogP contribution in [0.4, 0.5) is 10.4 Å². The number of hydrogen-bond donors (Lipinski definition) is 1. The molecule has 100 valence electrons. The van der Waals surface area contributed by atoms with E-state index in [1.807, 2.05) is 0 Å². The van der Waals surface area contributed by atoms with E-state index in [1.54, 1.807) is 11.8 Å². The van der Waals surface area contributed by atoms with Crippen LogP contribution in [0, 0.1) is 11.2 Å². The summed E-state index contributed by atoms with van der Waals surface area (Å²) in [6.07, 6.45) is 0.537. The van der Waals surface area contributed by atoms with Crippen LogP contribution < -0.4 is 4.90 Å². The monoisotopic (exact) mass is 264 g/mol. The van der Waals surface area contributed by atoms with Crippen LogP contribution in [0.2, 0.25) is 0 Å². The quantitative estimate of drug-likeness (QED) is 0.901. The maximum Gasteiger partial charge on any atom is 0.311 e. The van der Waals surface area contributed by atoms with Gasteiger partial charge in [-0.25, -0.2) is 4.39 Å². The van der Waals surface area contributed by atoms with Crippen molar-refractivity contribution in [2.75, 3.05) is 18.0 Å². The lowest BCUT2D eigenvalue weighted by atomic mass is 9.90. The number of oxazole rings is 1. The van der Waals surface area contributed by atoms with Crippen molar-refractivity contribution in [1.29, 1.82) is 0 Å². The summed E-state index contributed by atoms with van der Waals surface area (Å²) in [6, 6.07) is 4.48. The number of carboxylic acids is 1. The number of carbonyl (C=O) groups is 1. The van der Waals surface area contributed by atoms with Gasteiger partial charge in [-0.05, 0) is 25.5 Å². The summed E-state index contributed by atoms with van der Waals surface area (Å²) >= 11 is 0. The van der Waals surface area contributed by atoms with Gasteiger partial charge in [-0.15, -0.1) is 0 Å². The molecule has 0 aliphatic carbocycles. The van der Waals surface area contributed by atoms with Gasteiger partial charge in [0, 0.05) is 19.2 Å². The van der Waals surface area contributed by atoms with Crippen molar-refractivity contribution in [3.8, 4) is 0 Å². The third-order valence-corrected chi connectivity index (χ3v) is 3.60. The fourth-order valence-corrected chi connectivity index (χ4v) is 2.32. The third kappa shape index (κ3) is 1.93. The third-order valence-electron chi connectivity index (χ3n) is 3.60. The normalized spacial score (nSPS) is 23.2. The molecule has 2 aromatic rings. The number of halogens is 1. The minimum absolute atomic E-state index is 0.345. The molecule has 0 spiro atoms. The summed E-state index contributed by atoms with van der Waals surface area (Å²) in [4.78, 5) is 17.2. The molecule has 0 saturated carbocycles. The van der Waals surface area contributed by atoms with Crippen LogP contribution in [0.5, 0.6) is 0 Å². The molecular formula is C13H13FN2O3. The van der Waals surface area contributed by atoms with Crippen molar-refractivity contribution in [2.24, 2.45) is 5.41 Å². The molecule has 1 aromatic carbocycles. The molecule has 1 aromatic heterocycles. The van der Waals surface area contributed by atoms with E-state index in [0.717, 1.165) is 0 Å². The summed E-state index contributed by atoms with van der Waals surface area (Å²) in [7, 11) is 0. The van der Waals surface area contributed by atoms with E-state index < -0.39 is 11.4 Å². The molecular weight excluding hydrogens is 251 g/mol. The second-order valence-electron chi connectivity index (χ2n) is 5.15. The largest absolute Gasteiger partial charge is 0.481 e. The zero-order valence-electron chi connectivity index (χ0n) is 10.4. The van der Waals surface area contributed by atoms with Gasteiger partial charge in [-0.1, -0.05) is 0 Å². The maximum atomic E-state index is 13.1. The Bertz CT molecular complexity index is 654. The Morgan fingerprint density at radius 3 is 3.05 bits per heavy atom. The van der Waals surface area contributed by atoms with Crippen LogP contribution in [0.3, 0.4) is 0 Å². The Hall–Kier alpha value is -2.11. The Kier molecular flexibility index (Phi) is 2.48. The van der Waals surface area contributed by atoms with Gasteiger partial charge in [-0.2, -0.15) is 4.98 Å². The minimum Gasteiger partial charge on any atom is -0.481 e. The summed E-state index contributed by atoms with van der Waals surface area (Å²) in [6.45, 7) is 2.62. The predicted molar refractivity (Wildman–Crippen MR) is 66.5 cm³/mol. The van der Waals surface area contributed by atoms with Crippen molar-refractivity contribution in [1.82, 2.24) is 4.98 Å². The first-order chi connectivity index (χ1) is 8.98. The molecule has 2 heterocycles. The van der Waals surface area contributed by atoms with Gasteiger partial charge in [0.05, 0.1) is 5.41 Å². The van der Waals surface area contributed by atoms with Crippen LogP contribution in [0.25, 0.3) is 11.1 Å². The Morgan fingerprint density at radius 2 is 2.37 bits per heavy atom. The van der Waals surface area contributed by atoms with Gasteiger partial charge >= 0.3 is 5.97 Å². The highest BCUT2D eigenvalue weighted by Crippen LogP contribution is 2.34. The van der Waals surface area contributed by atoms with E-state index in [1.165, 1.54) is 18.2 Å². The summed E-state index contributed by atoms with van der Waals surface area (Å²) in [5.41, 5.74) is 0.158. The number of rotatable bonds is 2. The van der Waals surface area contributed by atoms with E-state index in [2.05, 4.69) is 4.98 Å². The molecule has 5 nitrogen and oxygen atoms in total. The highest BCUT2D eigenvalue weighted by molar-refractivity contribution is 5.77. The molecule has 6 heteroatoms. The molecule has 1 unspecified atom stereocenters. The molecule has 1 aliphatic rings. The van der Waals surface area contributed by atoms with E-state index in [-0.39, 0.29) is 5.82 Å². The second-order valence-corrected chi connectivity index (χ2v) is 5.15. The van der Waals surface area contributed by atoms with E-state index >= 15 is 0 Å². The average molecular weight is 264 g/mol. The molecule has 1 N–H and O–H groups in total. The summed E-state index contributed by atoms with van der Waals surface area (Å²) in [5.74, 6) is -1.19. The molecule has 1 atom stereocenters. The molecule has 1 aliphatic heterocycles. The first kappa shape index (κ1) is 12.0. The first-order valence-electron chi connectivity index (χ1n) is 6.02. The lowest BCUT2D eigenvalue weighted by Crippen LogP contribution is -2.31. The highest BCUT2D eigenvalue weighted by atomic mass is 19.1. The molecule has 19 heavy (non-hydrogen) atoms. The number of carboxylic acid groups (broad SMARTS) is 1. The zero-order chi connectivity index (χ0) is 13.6. The fourth-order valence-electron chi connectivity index (χ4n) is 2.32. The van der Waals surface area contributed by atoms with Gasteiger partial charge in [0.15, 0.2) is 5.58 Å². The number of aliphatic carboxylic acids is 1. The van der Waals surface area contributed by atoms with Crippen molar-refractivity contribution < 1.29 is 18.7 Å². The van der Waals surface area contributed by atoms with E-state index in [0.29, 0.717) is 36.6 Å². The fraction of sp³-hybridized carbons (Fsp3) is 0.385. The van der Waals surface area contributed by atoms with Crippen LogP contribution in [0.1, 0.15) is 13.3 Å². The van der Waals surface area contributed by atoms with Crippen molar-refractivity contribution in [2.45, 2.75) is 13.3 Å². The van der Waals surface area contributed by atoms with Crippen molar-refractivity contribution in [3.63, 3.8) is 0 Å². The minimum atomic E-state index is -0.822. The van der Waals surface area contributed by atoms with E-state index in [4.69, 9.17) is 4.42 Å². The molecule has 1 saturated heterocycles. The van der Waals surface area contributed by atoms with Crippen LogP contribution in [0.15, 0.2) is 22.6 Å². The van der Waals surface area contributed by atoms with E-state index in [9.17, 15) is 14.3 Å². The Labute approximate surface area is 108 Å². The number of benzene rings is 1. The number of nitrogens with zero attached hydrogens (tertiary/aromatic N) is 2. The van der Waals surface area contributed by atoms with Gasteiger partial charge in [0.25, 0.3) is 6.01 Å². The molecule has 0 amide bonds. The standard InChI is InChI=1S/C13H13FN2O3/c1-13(11(17)18)4-5-16(7-13)12-15-9-6-8(14)2-3-10(9)19-12/h2-3,6H,4-5,7H2,1H3,(H,17,18). The SMILES string of the molecule is CC1(C(=O)O)CCN(c2nc3cc(F)ccc3o2)C1. The van der Waals surface area contributed by atoms with Crippen LogP contribution >= 0.6 is 0 Å². The zero-order valence-corrected chi connectivity index (χ0v) is 10.4. The van der Waals surface area contributed by atoms with Gasteiger partial charge in [0.1, 0.15) is 11.3 Å². The number of anilines is 1. The van der Waals surface area contributed by atoms with Gasteiger partial charge in [-0.3, -0.25) is 4.79 Å². The Balaban J connectivity index is 1.92. The number of hydrogen-bond acceptors (Lipinski definition) is 4. The highest BCUT2D eigenvalue weighted by Gasteiger charge is 2.41. The maximum absolute atomic E-state index is 13.1. The topological polar surface area (TPSA) is 66.6 Å². The first-order valence-corrected chi connectivity index (χ1v) is 6.02. The molecule has 1 fully saturated rings. The lowest BCUT2D eigenvalue weighted by Gasteiger charge is -2.18. The van der Waals surface area contributed by atoms with Gasteiger partial charge in [0.2, 0.25) is 0 Å². The molecule has 0 bridgehead atoms. The summed E-state index contributed by atoms with van der Waals surface area (Å²) < 4.78 is 18.6. The molecule has 0 radical (unpaired) electrons. The second kappa shape index (κ2) is 3.94. The Morgan fingerprint density at radius 1 is 1.58 bits per heavy atom. The van der Waals surface area contributed by atoms with Crippen LogP contribution in [-0.4, -0.2) is 29.1 Å². The van der Waals surface area contributed by atoms with Crippen molar-refractivity contribution >= 4 is 23.1 Å². The van der Waals surface area contributed by atoms with Crippen molar-refractivity contribution in [3.05, 3.63) is 24.0 Å². The average Bonchev–Trinajstić information content (AvgIpc) is 2.93. The predicted octanol–water partition coefficient (Wildman–Crippen LogP) is 2.27. The lowest BCUT2D eigenvalue weighted by molar-refractivity contribution is -0.146. The molecule has 3 rings (SSSR count). The van der Waals surface area contributed by atoms with Crippen LogP contribution in [-0.2, 0) is 4.79 Å². The number of fused-ring (bicyclic) bond motifs is 1. The summed E-state index contributed by atoms with van der Waals surface area (Å²) in [5, 5.41) is 9.19.